The number of carbonyl (C=O) groups excluding carboxylic acids is 1. The lowest BCUT2D eigenvalue weighted by Gasteiger charge is -2.20. The smallest absolute Gasteiger partial charge is 0.389 e. The summed E-state index contributed by atoms with van der Waals surface area (Å²) in [5.41, 5.74) is -2.86. The summed E-state index contributed by atoms with van der Waals surface area (Å²) in [4.78, 5) is 31.9. The van der Waals surface area contributed by atoms with Gasteiger partial charge >= 0.3 is 6.36 Å². The largest absolute Gasteiger partial charge is 0.522 e. The van der Waals surface area contributed by atoms with E-state index in [9.17, 15) is 46.1 Å². The van der Waals surface area contributed by atoms with E-state index in [0.717, 1.165) is 10.8 Å². The fraction of sp³-hybridized carbons (Fsp3) is 0.375. The number of aliphatic hydroxyl groups excluding tert-OH is 2. The molecule has 1 aromatic carbocycles. The molecule has 39 heavy (non-hydrogen) atoms. The second-order valence-corrected chi connectivity index (χ2v) is 8.88. The second-order valence-electron chi connectivity index (χ2n) is 8.88. The normalized spacial score (nSPS) is 18.5. The molecule has 1 fully saturated rings. The highest BCUT2D eigenvalue weighted by Gasteiger charge is 2.32. The number of anilines is 1. The van der Waals surface area contributed by atoms with Crippen molar-refractivity contribution in [1.29, 1.82) is 0 Å². The van der Waals surface area contributed by atoms with Crippen LogP contribution >= 0.6 is 0 Å². The third kappa shape index (κ3) is 5.99. The minimum absolute atomic E-state index is 0.0107. The number of hydrogen-bond acceptors (Lipinski definition) is 7. The van der Waals surface area contributed by atoms with Crippen LogP contribution in [0.25, 0.3) is 16.7 Å². The van der Waals surface area contributed by atoms with E-state index < -0.39 is 71.3 Å². The minimum Gasteiger partial charge on any atom is -0.389 e. The maximum atomic E-state index is 14.8. The van der Waals surface area contributed by atoms with Crippen molar-refractivity contribution in [1.82, 2.24) is 14.9 Å². The van der Waals surface area contributed by atoms with Crippen molar-refractivity contribution < 1.29 is 46.1 Å². The molecule has 3 heterocycles. The first kappa shape index (κ1) is 28.3. The number of pyridine rings is 2. The average molecular weight is 560 g/mol. The first-order valence-electron chi connectivity index (χ1n) is 11.6. The molecule has 3 aromatic rings. The Morgan fingerprint density at radius 3 is 2.33 bits per heavy atom. The minimum atomic E-state index is -4.96. The Morgan fingerprint density at radius 2 is 1.77 bits per heavy atom. The van der Waals surface area contributed by atoms with Gasteiger partial charge < -0.3 is 20.4 Å². The number of aliphatic hydroxyl groups is 2. The molecule has 1 saturated heterocycles. The lowest BCUT2D eigenvalue weighted by molar-refractivity contribution is -0.326. The predicted molar refractivity (Wildman–Crippen MR) is 125 cm³/mol. The molecule has 3 N–H and O–H groups in total. The zero-order valence-corrected chi connectivity index (χ0v) is 20.2. The van der Waals surface area contributed by atoms with Crippen molar-refractivity contribution in [3.05, 3.63) is 63.7 Å². The first-order chi connectivity index (χ1) is 18.3. The lowest BCUT2D eigenvalue weighted by Crippen LogP contribution is -2.41. The maximum Gasteiger partial charge on any atom is 0.522 e. The van der Waals surface area contributed by atoms with E-state index in [2.05, 4.69) is 15.0 Å². The van der Waals surface area contributed by atoms with Gasteiger partial charge in [-0.25, -0.2) is 18.2 Å². The molecule has 0 aliphatic carbocycles. The van der Waals surface area contributed by atoms with Gasteiger partial charge in [-0.2, -0.15) is 0 Å². The summed E-state index contributed by atoms with van der Waals surface area (Å²) < 4.78 is 85.1. The van der Waals surface area contributed by atoms with Gasteiger partial charge in [0.1, 0.15) is 22.9 Å². The lowest BCUT2D eigenvalue weighted by atomic mass is 10.1. The van der Waals surface area contributed by atoms with E-state index in [-0.39, 0.29) is 36.4 Å². The highest BCUT2D eigenvalue weighted by atomic mass is 19.4. The third-order valence-corrected chi connectivity index (χ3v) is 6.16. The molecule has 1 aliphatic heterocycles. The standard InChI is InChI=1S/C24H22F6N4O5/c1-2-12(10-39-24(28,29)30)31-23(38)14-7-34(20-15(26)5-11(25)6-16(20)27)22-13(21(14)37)3-4-19(32-22)33-8-17(35)18(36)9-33/h3-7,12,17-18,35-36H,2,8-10H2,1H3,(H,31,38)/t12?,17-,18-/m1/s1. The Morgan fingerprint density at radius 1 is 1.15 bits per heavy atom. The third-order valence-electron chi connectivity index (χ3n) is 6.16. The molecule has 2 aromatic heterocycles. The van der Waals surface area contributed by atoms with Gasteiger partial charge in [0.25, 0.3) is 5.91 Å². The Kier molecular flexibility index (Phi) is 7.86. The first-order valence-corrected chi connectivity index (χ1v) is 11.6. The van der Waals surface area contributed by atoms with Crippen molar-refractivity contribution in [2.24, 2.45) is 0 Å². The topological polar surface area (TPSA) is 117 Å². The molecule has 0 bridgehead atoms. The Balaban J connectivity index is 1.85. The molecule has 210 valence electrons. The molecule has 3 atom stereocenters. The fourth-order valence-electron chi connectivity index (χ4n) is 4.14. The number of β-amino-alcohol motifs (C(OH)–C–C–N with tert-alkyl or cyclic N) is 2. The van der Waals surface area contributed by atoms with Crippen LogP contribution in [0.15, 0.2) is 35.3 Å². The fourth-order valence-corrected chi connectivity index (χ4v) is 4.14. The zero-order valence-electron chi connectivity index (χ0n) is 20.2. The van der Waals surface area contributed by atoms with E-state index in [4.69, 9.17) is 0 Å². The number of nitrogens with zero attached hydrogens (tertiary/aromatic N) is 3. The van der Waals surface area contributed by atoms with Crippen molar-refractivity contribution in [2.75, 3.05) is 24.6 Å². The van der Waals surface area contributed by atoms with Crippen molar-refractivity contribution >= 4 is 22.8 Å². The summed E-state index contributed by atoms with van der Waals surface area (Å²) >= 11 is 0. The van der Waals surface area contributed by atoms with Gasteiger partial charge in [0, 0.05) is 31.4 Å². The Bertz CT molecular complexity index is 1430. The molecule has 0 saturated carbocycles. The Labute approximate surface area is 216 Å². The van der Waals surface area contributed by atoms with Crippen LogP contribution in [0.2, 0.25) is 0 Å². The average Bonchev–Trinajstić information content (AvgIpc) is 3.19. The van der Waals surface area contributed by atoms with Crippen LogP contribution in [0.4, 0.5) is 32.2 Å². The number of benzene rings is 1. The van der Waals surface area contributed by atoms with Crippen LogP contribution in [0.5, 0.6) is 0 Å². The molecule has 0 radical (unpaired) electrons. The summed E-state index contributed by atoms with van der Waals surface area (Å²) in [6.07, 6.45) is -6.42. The number of fused-ring (bicyclic) bond motifs is 1. The zero-order chi connectivity index (χ0) is 28.6. The Hall–Kier alpha value is -3.69. The van der Waals surface area contributed by atoms with E-state index in [1.54, 1.807) is 0 Å². The number of alkyl halides is 3. The van der Waals surface area contributed by atoms with E-state index >= 15 is 0 Å². The van der Waals surface area contributed by atoms with Crippen LogP contribution in [0, 0.1) is 17.5 Å². The highest BCUT2D eigenvalue weighted by Crippen LogP contribution is 2.26. The quantitative estimate of drug-likeness (QED) is 0.380. The van der Waals surface area contributed by atoms with Crippen molar-refractivity contribution in [3.8, 4) is 5.69 Å². The molecule has 1 unspecified atom stereocenters. The molecule has 4 rings (SSSR count). The van der Waals surface area contributed by atoms with Gasteiger partial charge in [0.15, 0.2) is 17.3 Å². The number of nitrogens with one attached hydrogen (secondary N) is 1. The van der Waals surface area contributed by atoms with Gasteiger partial charge in [0.05, 0.1) is 30.2 Å². The number of carbonyl (C=O) groups is 1. The SMILES string of the molecule is CCC(COC(F)(F)F)NC(=O)c1cn(-c2c(F)cc(F)cc2F)c2nc(N3C[C@@H](O)[C@H](O)C3)ccc2c1=O. The van der Waals surface area contributed by atoms with Crippen LogP contribution in [-0.4, -0.2) is 70.0 Å². The monoisotopic (exact) mass is 560 g/mol. The van der Waals surface area contributed by atoms with Crippen LogP contribution in [0.1, 0.15) is 23.7 Å². The summed E-state index contributed by atoms with van der Waals surface area (Å²) in [6, 6.07) is 2.11. The molecule has 0 spiro atoms. The number of hydrogen-bond donors (Lipinski definition) is 3. The van der Waals surface area contributed by atoms with E-state index in [1.165, 1.54) is 24.0 Å². The summed E-state index contributed by atoms with van der Waals surface area (Å²) in [5.74, 6) is -5.06. The molecular weight excluding hydrogens is 538 g/mol. The predicted octanol–water partition coefficient (Wildman–Crippen LogP) is 2.39. The maximum absolute atomic E-state index is 14.8. The summed E-state index contributed by atoms with van der Waals surface area (Å²) in [6.45, 7) is 0.432. The van der Waals surface area contributed by atoms with Crippen LogP contribution in [-0.2, 0) is 4.74 Å². The number of aromatic nitrogens is 2. The molecule has 9 nitrogen and oxygen atoms in total. The van der Waals surface area contributed by atoms with Gasteiger partial charge in [-0.1, -0.05) is 6.92 Å². The second kappa shape index (κ2) is 10.8. The van der Waals surface area contributed by atoms with Crippen molar-refractivity contribution in [3.63, 3.8) is 0 Å². The highest BCUT2D eigenvalue weighted by molar-refractivity contribution is 5.97. The van der Waals surface area contributed by atoms with Gasteiger partial charge in [-0.05, 0) is 18.6 Å². The molecule has 1 amide bonds. The number of amides is 1. The van der Waals surface area contributed by atoms with Gasteiger partial charge in [-0.15, -0.1) is 13.2 Å². The molecular formula is C24H22F6N4O5. The van der Waals surface area contributed by atoms with Crippen LogP contribution in [0.3, 0.4) is 0 Å². The van der Waals surface area contributed by atoms with Crippen molar-refractivity contribution in [2.45, 2.75) is 38.0 Å². The number of halogens is 6. The number of rotatable bonds is 7. The summed E-state index contributed by atoms with van der Waals surface area (Å²) in [7, 11) is 0. The van der Waals surface area contributed by atoms with E-state index in [0.29, 0.717) is 12.1 Å². The van der Waals surface area contributed by atoms with Gasteiger partial charge in [-0.3, -0.25) is 18.9 Å². The van der Waals surface area contributed by atoms with Gasteiger partial charge in [0.2, 0.25) is 5.43 Å². The van der Waals surface area contributed by atoms with Crippen LogP contribution < -0.4 is 15.6 Å². The summed E-state index contributed by atoms with van der Waals surface area (Å²) in [5, 5.41) is 21.7. The molecule has 1 aliphatic rings. The molecule has 15 heteroatoms. The van der Waals surface area contributed by atoms with E-state index in [1.807, 2.05) is 0 Å². The number of ether oxygens (including phenoxy) is 1.